The number of H-pyrrole nitrogens is 1. The molecule has 8 N–H and O–H groups in total. The molecule has 0 atom stereocenters. The third kappa shape index (κ3) is 3.62. The number of nitrogens with two attached hydrogens (primary N) is 1. The topological polar surface area (TPSA) is 199 Å². The molecule has 13 heteroatoms. The van der Waals surface area contributed by atoms with Crippen molar-refractivity contribution in [1.82, 2.24) is 9.97 Å². The van der Waals surface area contributed by atoms with Crippen LogP contribution >= 0.6 is 15.2 Å². The minimum Gasteiger partial charge on any atom is -0.371 e. The molecule has 0 amide bonds. The zero-order valence-electron chi connectivity index (χ0n) is 9.37. The van der Waals surface area contributed by atoms with E-state index in [1.807, 2.05) is 0 Å². The molecule has 0 aliphatic carbocycles. The Labute approximate surface area is 106 Å². The van der Waals surface area contributed by atoms with E-state index in [1.165, 1.54) is 6.20 Å². The molecule has 1 aromatic heterocycles. The number of nitrogens with one attached hydrogen (secondary N) is 1. The lowest BCUT2D eigenvalue weighted by Crippen LogP contribution is -2.34. The van der Waals surface area contributed by atoms with Crippen molar-refractivity contribution < 1.29 is 38.5 Å². The highest BCUT2D eigenvalue weighted by molar-refractivity contribution is 7.72. The summed E-state index contributed by atoms with van der Waals surface area (Å²) in [7, 11) is -11.0. The molecule has 0 saturated carbocycles. The van der Waals surface area contributed by atoms with E-state index in [-0.39, 0.29) is 18.2 Å². The van der Waals surface area contributed by atoms with E-state index >= 15 is 0 Å². The lowest BCUT2D eigenvalue weighted by molar-refractivity contribution is 0.0169. The summed E-state index contributed by atoms with van der Waals surface area (Å²) in [5, 5.41) is 5.87. The number of hydrogen-bond donors (Lipinski definition) is 7. The number of imidazole rings is 1. The Morgan fingerprint density at radius 3 is 2.21 bits per heavy atom. The zero-order chi connectivity index (χ0) is 14.9. The highest BCUT2D eigenvalue weighted by Crippen LogP contribution is 2.67. The fourth-order valence-electron chi connectivity index (χ4n) is 1.08. The second-order valence-corrected chi connectivity index (χ2v) is 7.64. The van der Waals surface area contributed by atoms with Crippen LogP contribution in [0.15, 0.2) is 6.20 Å². The van der Waals surface area contributed by atoms with Gasteiger partial charge in [-0.15, -0.1) is 0 Å². The molecule has 110 valence electrons. The van der Waals surface area contributed by atoms with Crippen LogP contribution in [0.5, 0.6) is 0 Å². The van der Waals surface area contributed by atoms with Crippen molar-refractivity contribution in [2.24, 2.45) is 0 Å². The summed E-state index contributed by atoms with van der Waals surface area (Å²) >= 11 is 0. The Morgan fingerprint density at radius 2 is 1.84 bits per heavy atom. The van der Waals surface area contributed by atoms with Crippen LogP contribution in [0.4, 0.5) is 5.95 Å². The molecular formula is C6H13N3O8P2. The standard InChI is InChI=1S/C6H13N3O8P2/c7-5-8-1-4(9-5)2-17-3-6(10,18(11,12)13)19(14,15)16/h1,10H,2-3H2,(H3,7,8,9)(H2,11,12,13)(H2,14,15,16). The van der Waals surface area contributed by atoms with E-state index in [9.17, 15) is 14.2 Å². The smallest absolute Gasteiger partial charge is 0.371 e. The van der Waals surface area contributed by atoms with Crippen LogP contribution < -0.4 is 5.73 Å². The summed E-state index contributed by atoms with van der Waals surface area (Å²) in [6.07, 6.45) is 1.32. The van der Waals surface area contributed by atoms with Crippen LogP contribution in [-0.4, -0.2) is 46.3 Å². The highest BCUT2D eigenvalue weighted by atomic mass is 31.2. The summed E-state index contributed by atoms with van der Waals surface area (Å²) in [5.41, 5.74) is 5.49. The normalized spacial score (nSPS) is 13.7. The van der Waals surface area contributed by atoms with E-state index in [1.54, 1.807) is 0 Å². The zero-order valence-corrected chi connectivity index (χ0v) is 11.2. The molecule has 1 heterocycles. The molecule has 0 aliphatic rings. The molecule has 0 bridgehead atoms. The largest absolute Gasteiger partial charge is 0.371 e. The van der Waals surface area contributed by atoms with Gasteiger partial charge >= 0.3 is 15.2 Å². The van der Waals surface area contributed by atoms with Crippen LogP contribution in [0, 0.1) is 0 Å². The monoisotopic (exact) mass is 317 g/mol. The molecule has 0 unspecified atom stereocenters. The quantitative estimate of drug-likeness (QED) is 0.303. The second kappa shape index (κ2) is 5.31. The van der Waals surface area contributed by atoms with Gasteiger partial charge in [0, 0.05) is 6.20 Å². The molecule has 0 aromatic carbocycles. The maximum absolute atomic E-state index is 11.0. The van der Waals surface area contributed by atoms with Gasteiger partial charge in [0.2, 0.25) is 0 Å². The fraction of sp³-hybridized carbons (Fsp3) is 0.500. The average molecular weight is 317 g/mol. The van der Waals surface area contributed by atoms with Crippen molar-refractivity contribution in [2.45, 2.75) is 11.7 Å². The third-order valence-electron chi connectivity index (χ3n) is 2.13. The molecule has 0 radical (unpaired) electrons. The van der Waals surface area contributed by atoms with Gasteiger partial charge in [-0.05, 0) is 0 Å². The maximum atomic E-state index is 11.0. The molecule has 11 nitrogen and oxygen atoms in total. The first-order valence-electron chi connectivity index (χ1n) is 4.68. The predicted molar refractivity (Wildman–Crippen MR) is 61.7 cm³/mol. The van der Waals surface area contributed by atoms with Gasteiger partial charge in [0.05, 0.1) is 18.9 Å². The third-order valence-corrected chi connectivity index (χ3v) is 5.82. The van der Waals surface area contributed by atoms with Gasteiger partial charge in [0.1, 0.15) is 0 Å². The van der Waals surface area contributed by atoms with Crippen LogP contribution in [0.25, 0.3) is 0 Å². The SMILES string of the molecule is Nc1nc(COCC(O)(P(=O)(O)O)P(=O)(O)O)c[nH]1. The van der Waals surface area contributed by atoms with Crippen LogP contribution in [0.1, 0.15) is 5.69 Å². The van der Waals surface area contributed by atoms with E-state index in [0.29, 0.717) is 0 Å². The molecule has 0 saturated heterocycles. The van der Waals surface area contributed by atoms with Crippen molar-refractivity contribution in [2.75, 3.05) is 12.3 Å². The lowest BCUT2D eigenvalue weighted by Gasteiger charge is -2.28. The van der Waals surface area contributed by atoms with E-state index in [2.05, 4.69) is 14.7 Å². The van der Waals surface area contributed by atoms with Crippen molar-refractivity contribution in [3.05, 3.63) is 11.9 Å². The number of nitrogens with zero attached hydrogens (tertiary/aromatic N) is 1. The summed E-state index contributed by atoms with van der Waals surface area (Å²) in [6, 6.07) is 0. The molecule has 19 heavy (non-hydrogen) atoms. The second-order valence-electron chi connectivity index (χ2n) is 3.63. The Kier molecular flexibility index (Phi) is 4.55. The van der Waals surface area contributed by atoms with Gasteiger partial charge in [-0.25, -0.2) is 4.98 Å². The van der Waals surface area contributed by atoms with Gasteiger partial charge < -0.3 is 40.1 Å². The van der Waals surface area contributed by atoms with E-state index in [0.717, 1.165) is 0 Å². The van der Waals surface area contributed by atoms with Crippen LogP contribution in [0.2, 0.25) is 0 Å². The van der Waals surface area contributed by atoms with E-state index < -0.39 is 26.9 Å². The van der Waals surface area contributed by atoms with Crippen molar-refractivity contribution >= 4 is 21.1 Å². The van der Waals surface area contributed by atoms with Crippen LogP contribution in [-0.2, 0) is 20.5 Å². The Balaban J connectivity index is 2.76. The van der Waals surface area contributed by atoms with Crippen molar-refractivity contribution in [3.63, 3.8) is 0 Å². The van der Waals surface area contributed by atoms with Gasteiger partial charge in [-0.1, -0.05) is 0 Å². The van der Waals surface area contributed by atoms with Gasteiger partial charge in [-0.2, -0.15) is 0 Å². The highest BCUT2D eigenvalue weighted by Gasteiger charge is 2.59. The number of nitrogen functional groups attached to an aromatic ring is 1. The van der Waals surface area contributed by atoms with Gasteiger partial charge in [0.25, 0.3) is 5.08 Å². The number of ether oxygens (including phenoxy) is 1. The maximum Gasteiger partial charge on any atom is 0.371 e. The molecule has 1 aromatic rings. The predicted octanol–water partition coefficient (Wildman–Crippen LogP) is -1.49. The molecule has 0 aliphatic heterocycles. The number of rotatable bonds is 6. The first kappa shape index (κ1) is 16.3. The Bertz CT molecular complexity index is 510. The first-order valence-corrected chi connectivity index (χ1v) is 7.91. The van der Waals surface area contributed by atoms with Crippen LogP contribution in [0.3, 0.4) is 0 Å². The number of anilines is 1. The number of hydrogen-bond acceptors (Lipinski definition) is 6. The minimum atomic E-state index is -5.51. The Morgan fingerprint density at radius 1 is 1.32 bits per heavy atom. The number of aromatic amines is 1. The number of aliphatic hydroxyl groups is 1. The number of aromatic nitrogens is 2. The van der Waals surface area contributed by atoms with E-state index in [4.69, 9.17) is 25.3 Å². The Hall–Kier alpha value is -0.770. The van der Waals surface area contributed by atoms with Crippen molar-refractivity contribution in [1.29, 1.82) is 0 Å². The summed E-state index contributed by atoms with van der Waals surface area (Å²) in [5.74, 6) is 0.0684. The van der Waals surface area contributed by atoms with Gasteiger partial charge in [-0.3, -0.25) is 9.13 Å². The molecule has 1 rings (SSSR count). The molecular weight excluding hydrogens is 304 g/mol. The first-order chi connectivity index (χ1) is 8.47. The summed E-state index contributed by atoms with van der Waals surface area (Å²) < 4.78 is 26.6. The fourth-order valence-corrected chi connectivity index (χ4v) is 2.96. The van der Waals surface area contributed by atoms with Crippen molar-refractivity contribution in [3.8, 4) is 0 Å². The molecule has 0 fully saturated rings. The van der Waals surface area contributed by atoms with Gasteiger partial charge in [0.15, 0.2) is 5.95 Å². The summed E-state index contributed by atoms with van der Waals surface area (Å²) in [4.78, 5) is 41.5. The molecule has 0 spiro atoms. The average Bonchev–Trinajstić information content (AvgIpc) is 2.60. The minimum absolute atomic E-state index is 0.0684. The summed E-state index contributed by atoms with van der Waals surface area (Å²) in [6.45, 7) is -1.62. The lowest BCUT2D eigenvalue weighted by atomic mass is 10.5.